The molecule has 0 spiro atoms. The van der Waals surface area contributed by atoms with Crippen molar-refractivity contribution in [2.45, 2.75) is 45.9 Å². The largest absolute Gasteiger partial charge is 0.377 e. The first-order valence-corrected chi connectivity index (χ1v) is 10.5. The standard InChI is InChI=1S/C22H39N5O/c1-6-23-21(25-18-22(2,3)28-5)24-16-19-8-10-20(11-9-19)17-27-13-7-12-26(4)14-15-27/h8-11H,6-7,12-18H2,1-5H3,(H2,23,24,25). The van der Waals surface area contributed by atoms with E-state index in [1.807, 2.05) is 0 Å². The minimum absolute atomic E-state index is 0.222. The van der Waals surface area contributed by atoms with Gasteiger partial charge >= 0.3 is 0 Å². The molecule has 0 amide bonds. The van der Waals surface area contributed by atoms with Gasteiger partial charge in [-0.25, -0.2) is 4.99 Å². The number of hydrogen-bond donors (Lipinski definition) is 2. The molecule has 1 aliphatic heterocycles. The van der Waals surface area contributed by atoms with Crippen LogP contribution in [0.15, 0.2) is 29.3 Å². The maximum absolute atomic E-state index is 5.47. The second kappa shape index (κ2) is 11.4. The topological polar surface area (TPSA) is 52.1 Å². The van der Waals surface area contributed by atoms with E-state index in [0.717, 1.165) is 32.1 Å². The first-order chi connectivity index (χ1) is 13.4. The van der Waals surface area contributed by atoms with Gasteiger partial charge in [0.2, 0.25) is 0 Å². The van der Waals surface area contributed by atoms with Crippen LogP contribution in [-0.4, -0.2) is 74.8 Å². The van der Waals surface area contributed by atoms with E-state index in [0.29, 0.717) is 13.1 Å². The summed E-state index contributed by atoms with van der Waals surface area (Å²) >= 11 is 0. The third-order valence-electron chi connectivity index (χ3n) is 5.24. The van der Waals surface area contributed by atoms with Gasteiger partial charge < -0.3 is 20.3 Å². The fourth-order valence-corrected chi connectivity index (χ4v) is 3.15. The van der Waals surface area contributed by atoms with E-state index in [4.69, 9.17) is 9.73 Å². The smallest absolute Gasteiger partial charge is 0.191 e. The zero-order valence-electron chi connectivity index (χ0n) is 18.4. The number of aliphatic imine (C=N–C) groups is 1. The van der Waals surface area contributed by atoms with Gasteiger partial charge in [-0.2, -0.15) is 0 Å². The summed E-state index contributed by atoms with van der Waals surface area (Å²) in [6.07, 6.45) is 1.25. The van der Waals surface area contributed by atoms with Crippen LogP contribution in [0.3, 0.4) is 0 Å². The monoisotopic (exact) mass is 389 g/mol. The fourth-order valence-electron chi connectivity index (χ4n) is 3.15. The number of rotatable bonds is 8. The minimum atomic E-state index is -0.222. The van der Waals surface area contributed by atoms with Gasteiger partial charge in [0.25, 0.3) is 0 Å². The Morgan fingerprint density at radius 2 is 1.79 bits per heavy atom. The molecule has 1 heterocycles. The van der Waals surface area contributed by atoms with Crippen LogP contribution >= 0.6 is 0 Å². The van der Waals surface area contributed by atoms with E-state index >= 15 is 0 Å². The lowest BCUT2D eigenvalue weighted by Crippen LogP contribution is -2.45. The zero-order valence-corrected chi connectivity index (χ0v) is 18.4. The predicted octanol–water partition coefficient (Wildman–Crippen LogP) is 2.30. The predicted molar refractivity (Wildman–Crippen MR) is 118 cm³/mol. The third-order valence-corrected chi connectivity index (χ3v) is 5.24. The molecule has 1 aromatic rings. The van der Waals surface area contributed by atoms with Gasteiger partial charge in [0.1, 0.15) is 0 Å². The Morgan fingerprint density at radius 1 is 1.07 bits per heavy atom. The number of methoxy groups -OCH3 is 1. The highest BCUT2D eigenvalue weighted by Gasteiger charge is 2.16. The van der Waals surface area contributed by atoms with Crippen LogP contribution in [0.5, 0.6) is 0 Å². The van der Waals surface area contributed by atoms with Crippen molar-refractivity contribution in [2.24, 2.45) is 4.99 Å². The Labute approximate surface area is 171 Å². The van der Waals surface area contributed by atoms with Gasteiger partial charge in [0.05, 0.1) is 12.1 Å². The van der Waals surface area contributed by atoms with Crippen LogP contribution in [-0.2, 0) is 17.8 Å². The van der Waals surface area contributed by atoms with Crippen LogP contribution in [0.4, 0.5) is 0 Å². The lowest BCUT2D eigenvalue weighted by atomic mass is 10.1. The Balaban J connectivity index is 1.88. The molecule has 0 aromatic heterocycles. The second-order valence-corrected chi connectivity index (χ2v) is 8.26. The number of nitrogens with zero attached hydrogens (tertiary/aromatic N) is 3. The average molecular weight is 390 g/mol. The van der Waals surface area contributed by atoms with Crippen molar-refractivity contribution < 1.29 is 4.74 Å². The van der Waals surface area contributed by atoms with Crippen molar-refractivity contribution in [2.75, 3.05) is 53.4 Å². The van der Waals surface area contributed by atoms with Crippen molar-refractivity contribution in [3.63, 3.8) is 0 Å². The van der Waals surface area contributed by atoms with Gasteiger partial charge in [-0.15, -0.1) is 0 Å². The highest BCUT2D eigenvalue weighted by atomic mass is 16.5. The summed E-state index contributed by atoms with van der Waals surface area (Å²) in [6.45, 7) is 14.1. The molecule has 0 unspecified atom stereocenters. The Kier molecular flexibility index (Phi) is 9.22. The van der Waals surface area contributed by atoms with E-state index in [2.05, 4.69) is 72.5 Å². The third kappa shape index (κ3) is 8.17. The number of ether oxygens (including phenoxy) is 1. The van der Waals surface area contributed by atoms with E-state index in [9.17, 15) is 0 Å². The summed E-state index contributed by atoms with van der Waals surface area (Å²) in [5, 5.41) is 6.66. The van der Waals surface area contributed by atoms with E-state index in [1.165, 1.54) is 30.6 Å². The van der Waals surface area contributed by atoms with Crippen molar-refractivity contribution in [3.8, 4) is 0 Å². The summed E-state index contributed by atoms with van der Waals surface area (Å²) in [5.41, 5.74) is 2.38. The Morgan fingerprint density at radius 3 is 2.46 bits per heavy atom. The zero-order chi connectivity index (χ0) is 20.4. The molecule has 1 fully saturated rings. The highest BCUT2D eigenvalue weighted by Crippen LogP contribution is 2.11. The molecule has 1 aromatic carbocycles. The van der Waals surface area contributed by atoms with Crippen molar-refractivity contribution in [1.82, 2.24) is 20.4 Å². The minimum Gasteiger partial charge on any atom is -0.377 e. The molecule has 158 valence electrons. The molecule has 1 aliphatic rings. The van der Waals surface area contributed by atoms with E-state index in [-0.39, 0.29) is 5.60 Å². The molecule has 0 atom stereocenters. The van der Waals surface area contributed by atoms with Crippen LogP contribution in [0.2, 0.25) is 0 Å². The SMILES string of the molecule is CCNC(=NCc1ccc(CN2CCCN(C)CC2)cc1)NCC(C)(C)OC. The van der Waals surface area contributed by atoms with E-state index in [1.54, 1.807) is 7.11 Å². The average Bonchev–Trinajstić information content (AvgIpc) is 2.89. The number of likely N-dealkylation sites (N-methyl/N-ethyl adjacent to an activating group) is 1. The Bertz CT molecular complexity index is 599. The molecule has 6 nitrogen and oxygen atoms in total. The molecular formula is C22H39N5O. The molecule has 0 radical (unpaired) electrons. The highest BCUT2D eigenvalue weighted by molar-refractivity contribution is 5.79. The molecule has 0 saturated carbocycles. The first kappa shape index (κ1) is 22.7. The summed E-state index contributed by atoms with van der Waals surface area (Å²) in [4.78, 5) is 9.69. The summed E-state index contributed by atoms with van der Waals surface area (Å²) < 4.78 is 5.47. The number of nitrogens with one attached hydrogen (secondary N) is 2. The molecule has 1 saturated heterocycles. The molecule has 2 N–H and O–H groups in total. The van der Waals surface area contributed by atoms with Crippen LogP contribution in [0.1, 0.15) is 38.3 Å². The number of hydrogen-bond acceptors (Lipinski definition) is 4. The lowest BCUT2D eigenvalue weighted by molar-refractivity contribution is 0.0268. The molecule has 6 heteroatoms. The second-order valence-electron chi connectivity index (χ2n) is 8.26. The quantitative estimate of drug-likeness (QED) is 0.528. The maximum Gasteiger partial charge on any atom is 0.191 e. The van der Waals surface area contributed by atoms with Crippen molar-refractivity contribution >= 4 is 5.96 Å². The Hall–Kier alpha value is -1.63. The van der Waals surface area contributed by atoms with Crippen molar-refractivity contribution in [1.29, 1.82) is 0 Å². The maximum atomic E-state index is 5.47. The van der Waals surface area contributed by atoms with Gasteiger partial charge in [0, 0.05) is 39.8 Å². The molecule has 0 bridgehead atoms. The normalized spacial score (nSPS) is 17.4. The van der Waals surface area contributed by atoms with Gasteiger partial charge in [-0.1, -0.05) is 24.3 Å². The molecular weight excluding hydrogens is 350 g/mol. The lowest BCUT2D eigenvalue weighted by Gasteiger charge is -2.24. The van der Waals surface area contributed by atoms with E-state index < -0.39 is 0 Å². The van der Waals surface area contributed by atoms with Crippen LogP contribution in [0.25, 0.3) is 0 Å². The van der Waals surface area contributed by atoms with Crippen LogP contribution < -0.4 is 10.6 Å². The van der Waals surface area contributed by atoms with Gasteiger partial charge in [-0.05, 0) is 58.5 Å². The molecule has 0 aliphatic carbocycles. The number of benzene rings is 1. The first-order valence-electron chi connectivity index (χ1n) is 10.5. The summed E-state index contributed by atoms with van der Waals surface area (Å²) in [5.74, 6) is 0.824. The fraction of sp³-hybridized carbons (Fsp3) is 0.682. The van der Waals surface area contributed by atoms with Crippen LogP contribution in [0, 0.1) is 0 Å². The van der Waals surface area contributed by atoms with Gasteiger partial charge in [-0.3, -0.25) is 4.90 Å². The summed E-state index contributed by atoms with van der Waals surface area (Å²) in [7, 11) is 3.95. The van der Waals surface area contributed by atoms with Gasteiger partial charge in [0.15, 0.2) is 5.96 Å². The number of guanidine groups is 1. The molecule has 2 rings (SSSR count). The molecule has 28 heavy (non-hydrogen) atoms. The van der Waals surface area contributed by atoms with Crippen molar-refractivity contribution in [3.05, 3.63) is 35.4 Å². The summed E-state index contributed by atoms with van der Waals surface area (Å²) in [6, 6.07) is 8.89.